The summed E-state index contributed by atoms with van der Waals surface area (Å²) >= 11 is 0. The molecule has 11 heavy (non-hydrogen) atoms. The molecule has 3 heteroatoms. The fourth-order valence-electron chi connectivity index (χ4n) is 0.930. The Morgan fingerprint density at radius 1 is 1.73 bits per heavy atom. The van der Waals surface area contributed by atoms with Gasteiger partial charge in [-0.15, -0.1) is 0 Å². The molecule has 1 aromatic heterocycles. The highest BCUT2D eigenvalue weighted by Gasteiger charge is 2.26. The molecule has 1 unspecified atom stereocenters. The quantitative estimate of drug-likeness (QED) is 0.483. The van der Waals surface area contributed by atoms with Crippen LogP contribution in [0.4, 0.5) is 0 Å². The minimum atomic E-state index is 0.0255. The normalized spacial score (nSPS) is 21.6. The second-order valence-electron chi connectivity index (χ2n) is 2.56. The molecule has 58 valence electrons. The number of ketones is 1. The van der Waals surface area contributed by atoms with E-state index in [4.69, 9.17) is 9.15 Å². The van der Waals surface area contributed by atoms with E-state index in [1.54, 1.807) is 12.1 Å². The Labute approximate surface area is 64.0 Å². The fourth-order valence-corrected chi connectivity index (χ4v) is 0.930. The molecule has 1 aliphatic rings. The van der Waals surface area contributed by atoms with E-state index >= 15 is 0 Å². The first-order valence-corrected chi connectivity index (χ1v) is 3.54. The van der Waals surface area contributed by atoms with E-state index in [1.165, 1.54) is 6.26 Å². The number of Topliss-reactive ketones (excluding diaryl/α,β-unsaturated/α-hetero) is 1. The average molecular weight is 152 g/mol. The molecule has 1 fully saturated rings. The van der Waals surface area contributed by atoms with E-state index in [1.807, 2.05) is 0 Å². The molecule has 0 aliphatic carbocycles. The second kappa shape index (κ2) is 2.51. The molecule has 0 spiro atoms. The van der Waals surface area contributed by atoms with Gasteiger partial charge in [0, 0.05) is 6.42 Å². The molecule has 2 rings (SSSR count). The molecule has 0 radical (unpaired) electrons. The molecule has 0 aromatic carbocycles. The highest BCUT2D eigenvalue weighted by atomic mass is 16.6. The molecule has 0 bridgehead atoms. The Balaban J connectivity index is 1.99. The number of ether oxygens (including phenoxy) is 1. The monoisotopic (exact) mass is 152 g/mol. The van der Waals surface area contributed by atoms with Gasteiger partial charge in [0.2, 0.25) is 5.78 Å². The Morgan fingerprint density at radius 3 is 3.09 bits per heavy atom. The highest BCUT2D eigenvalue weighted by molar-refractivity contribution is 5.93. The van der Waals surface area contributed by atoms with Gasteiger partial charge in [0.15, 0.2) is 5.76 Å². The smallest absolute Gasteiger partial charge is 0.200 e. The Morgan fingerprint density at radius 2 is 2.55 bits per heavy atom. The lowest BCUT2D eigenvalue weighted by molar-refractivity contribution is 0.0945. The van der Waals surface area contributed by atoms with Gasteiger partial charge in [-0.05, 0) is 12.1 Å². The maximum Gasteiger partial charge on any atom is 0.200 e. The van der Waals surface area contributed by atoms with Crippen molar-refractivity contribution in [3.05, 3.63) is 24.2 Å². The summed E-state index contributed by atoms with van der Waals surface area (Å²) in [6.45, 7) is 0.715. The van der Waals surface area contributed by atoms with Crippen molar-refractivity contribution in [3.63, 3.8) is 0 Å². The molecule has 1 saturated heterocycles. The van der Waals surface area contributed by atoms with Crippen LogP contribution in [-0.2, 0) is 4.74 Å². The van der Waals surface area contributed by atoms with Gasteiger partial charge in [-0.2, -0.15) is 0 Å². The van der Waals surface area contributed by atoms with Gasteiger partial charge in [0.05, 0.1) is 19.0 Å². The van der Waals surface area contributed by atoms with Crippen LogP contribution in [0, 0.1) is 0 Å². The van der Waals surface area contributed by atoms with E-state index in [-0.39, 0.29) is 11.9 Å². The van der Waals surface area contributed by atoms with Crippen LogP contribution >= 0.6 is 0 Å². The Kier molecular flexibility index (Phi) is 1.51. The predicted molar refractivity (Wildman–Crippen MR) is 37.4 cm³/mol. The van der Waals surface area contributed by atoms with E-state index in [9.17, 15) is 4.79 Å². The molecular weight excluding hydrogens is 144 g/mol. The minimum Gasteiger partial charge on any atom is -0.461 e. The van der Waals surface area contributed by atoms with Gasteiger partial charge in [-0.25, -0.2) is 0 Å². The highest BCUT2D eigenvalue weighted by Crippen LogP contribution is 2.16. The summed E-state index contributed by atoms with van der Waals surface area (Å²) in [4.78, 5) is 11.2. The number of rotatable bonds is 3. The van der Waals surface area contributed by atoms with Gasteiger partial charge in [0.1, 0.15) is 0 Å². The van der Waals surface area contributed by atoms with Gasteiger partial charge in [0.25, 0.3) is 0 Å². The van der Waals surface area contributed by atoms with Crippen molar-refractivity contribution >= 4 is 5.78 Å². The van der Waals surface area contributed by atoms with Gasteiger partial charge >= 0.3 is 0 Å². The van der Waals surface area contributed by atoms with E-state index in [2.05, 4.69) is 0 Å². The van der Waals surface area contributed by atoms with Crippen molar-refractivity contribution in [1.82, 2.24) is 0 Å². The maximum atomic E-state index is 11.2. The van der Waals surface area contributed by atoms with Crippen molar-refractivity contribution in [2.45, 2.75) is 12.5 Å². The zero-order valence-corrected chi connectivity index (χ0v) is 5.95. The number of epoxide rings is 1. The summed E-state index contributed by atoms with van der Waals surface area (Å²) in [5, 5.41) is 0. The standard InChI is InChI=1S/C8H8O3/c9-7(4-6-5-11-6)8-2-1-3-10-8/h1-3,6H,4-5H2. The van der Waals surface area contributed by atoms with Crippen LogP contribution in [0.1, 0.15) is 17.0 Å². The van der Waals surface area contributed by atoms with Crippen LogP contribution in [0.25, 0.3) is 0 Å². The van der Waals surface area contributed by atoms with Crippen LogP contribution in [0.15, 0.2) is 22.8 Å². The largest absolute Gasteiger partial charge is 0.461 e. The summed E-state index contributed by atoms with van der Waals surface area (Å²) in [6.07, 6.45) is 2.10. The molecule has 3 nitrogen and oxygen atoms in total. The molecule has 1 aliphatic heterocycles. The zero-order valence-electron chi connectivity index (χ0n) is 5.95. The van der Waals surface area contributed by atoms with Crippen molar-refractivity contribution < 1.29 is 13.9 Å². The molecule has 2 heterocycles. The third-order valence-electron chi connectivity index (χ3n) is 1.61. The lowest BCUT2D eigenvalue weighted by atomic mass is 10.2. The summed E-state index contributed by atoms with van der Waals surface area (Å²) in [5.74, 6) is 0.456. The van der Waals surface area contributed by atoms with Crippen molar-refractivity contribution in [2.75, 3.05) is 6.61 Å². The van der Waals surface area contributed by atoms with Crippen LogP contribution in [0.3, 0.4) is 0 Å². The molecule has 1 aromatic rings. The first-order chi connectivity index (χ1) is 5.36. The topological polar surface area (TPSA) is 42.7 Å². The van der Waals surface area contributed by atoms with E-state index in [0.29, 0.717) is 18.8 Å². The SMILES string of the molecule is O=C(CC1CO1)c1ccco1. The Bertz CT molecular complexity index is 246. The Hall–Kier alpha value is -1.09. The van der Waals surface area contributed by atoms with Crippen LogP contribution in [0.5, 0.6) is 0 Å². The first kappa shape index (κ1) is 6.61. The second-order valence-corrected chi connectivity index (χ2v) is 2.56. The number of carbonyl (C=O) groups excluding carboxylic acids is 1. The van der Waals surface area contributed by atoms with Crippen molar-refractivity contribution in [2.24, 2.45) is 0 Å². The number of carbonyl (C=O) groups is 1. The van der Waals surface area contributed by atoms with Crippen LogP contribution in [-0.4, -0.2) is 18.5 Å². The number of hydrogen-bond acceptors (Lipinski definition) is 3. The first-order valence-electron chi connectivity index (χ1n) is 3.54. The molecule has 1 atom stereocenters. The summed E-state index contributed by atoms with van der Waals surface area (Å²) < 4.78 is 9.83. The number of hydrogen-bond donors (Lipinski definition) is 0. The van der Waals surface area contributed by atoms with Gasteiger partial charge in [-0.1, -0.05) is 0 Å². The maximum absolute atomic E-state index is 11.2. The fraction of sp³-hybridized carbons (Fsp3) is 0.375. The van der Waals surface area contributed by atoms with Crippen LogP contribution in [0.2, 0.25) is 0 Å². The average Bonchev–Trinajstić information content (AvgIpc) is 2.67. The molecule has 0 N–H and O–H groups in total. The summed E-state index contributed by atoms with van der Waals surface area (Å²) in [7, 11) is 0. The van der Waals surface area contributed by atoms with Crippen molar-refractivity contribution in [3.8, 4) is 0 Å². The van der Waals surface area contributed by atoms with E-state index < -0.39 is 0 Å². The van der Waals surface area contributed by atoms with Gasteiger partial charge in [-0.3, -0.25) is 4.79 Å². The molecule has 0 amide bonds. The van der Waals surface area contributed by atoms with Crippen molar-refractivity contribution in [1.29, 1.82) is 0 Å². The lowest BCUT2D eigenvalue weighted by Gasteiger charge is -1.90. The third kappa shape index (κ3) is 1.49. The summed E-state index contributed by atoms with van der Waals surface area (Å²) in [6, 6.07) is 3.38. The lowest BCUT2D eigenvalue weighted by Crippen LogP contribution is -2.00. The molecular formula is C8H8O3. The van der Waals surface area contributed by atoms with Crippen LogP contribution < -0.4 is 0 Å². The number of furan rings is 1. The minimum absolute atomic E-state index is 0.0255. The van der Waals surface area contributed by atoms with E-state index in [0.717, 1.165) is 0 Å². The molecule has 0 saturated carbocycles. The van der Waals surface area contributed by atoms with Gasteiger partial charge < -0.3 is 9.15 Å². The zero-order chi connectivity index (χ0) is 7.68. The predicted octanol–water partition coefficient (Wildman–Crippen LogP) is 1.25. The third-order valence-corrected chi connectivity index (χ3v) is 1.61. The summed E-state index contributed by atoms with van der Waals surface area (Å²) in [5.41, 5.74) is 0.